The molecule has 0 aliphatic rings. The Kier molecular flexibility index (Phi) is 5.69. The summed E-state index contributed by atoms with van der Waals surface area (Å²) in [7, 11) is 0. The summed E-state index contributed by atoms with van der Waals surface area (Å²) in [4.78, 5) is 0. The minimum atomic E-state index is -0.0592. The molecule has 0 amide bonds. The number of nitrogens with two attached hydrogens (primary N) is 1. The van der Waals surface area contributed by atoms with Gasteiger partial charge in [0.05, 0.1) is 5.02 Å². The fourth-order valence-corrected chi connectivity index (χ4v) is 1.10. The van der Waals surface area contributed by atoms with Gasteiger partial charge in [0.2, 0.25) is 0 Å². The van der Waals surface area contributed by atoms with E-state index in [-0.39, 0.29) is 24.8 Å². The molecule has 0 fully saturated rings. The van der Waals surface area contributed by atoms with Crippen LogP contribution in [-0.4, -0.2) is 12.4 Å². The molecular weight excluding hydrogens is 246 g/mol. The quantitative estimate of drug-likeness (QED) is 0.644. The van der Waals surface area contributed by atoms with E-state index in [9.17, 15) is 0 Å². The highest BCUT2D eigenvalue weighted by Crippen LogP contribution is 2.31. The van der Waals surface area contributed by atoms with Crippen LogP contribution in [0.15, 0.2) is 18.2 Å². The predicted molar refractivity (Wildman–Crippen MR) is 61.1 cm³/mol. The Morgan fingerprint density at radius 2 is 2.07 bits per heavy atom. The predicted octanol–water partition coefficient (Wildman–Crippen LogP) is 2.73. The molecule has 0 unspecified atom stereocenters. The first kappa shape index (κ1) is 13.4. The fraction of sp³-hybridized carbons (Fsp3) is 0.125. The number of hydrogen-bond donors (Lipinski definition) is 2. The van der Waals surface area contributed by atoms with Gasteiger partial charge in [0.25, 0.3) is 0 Å². The molecule has 3 N–H and O–H groups in total. The molecule has 0 radical (unpaired) electrons. The van der Waals surface area contributed by atoms with Gasteiger partial charge in [-0.3, -0.25) is 5.41 Å². The smallest absolute Gasteiger partial charge is 0.145 e. The lowest BCUT2D eigenvalue weighted by atomic mass is 10.3. The van der Waals surface area contributed by atoms with E-state index in [1.807, 2.05) is 0 Å². The largest absolute Gasteiger partial charge is 0.484 e. The number of nitrogens with one attached hydrogen (secondary N) is 1. The highest BCUT2D eigenvalue weighted by Gasteiger charge is 2.04. The van der Waals surface area contributed by atoms with Crippen LogP contribution in [0, 0.1) is 5.41 Å². The van der Waals surface area contributed by atoms with Crippen LogP contribution in [0.3, 0.4) is 0 Å². The van der Waals surface area contributed by atoms with Gasteiger partial charge in [-0.2, -0.15) is 0 Å². The first-order chi connectivity index (χ1) is 6.11. The molecule has 0 bridgehead atoms. The molecule has 6 heteroatoms. The van der Waals surface area contributed by atoms with Crippen molar-refractivity contribution in [2.45, 2.75) is 0 Å². The Hall–Kier alpha value is -0.640. The molecular formula is C8H9Cl3N2O. The SMILES string of the molecule is Cl.N=C(N)COc1cccc(Cl)c1Cl. The Morgan fingerprint density at radius 3 is 2.64 bits per heavy atom. The second-order valence-corrected chi connectivity index (χ2v) is 3.15. The average Bonchev–Trinajstić information content (AvgIpc) is 2.07. The number of rotatable bonds is 3. The maximum absolute atomic E-state index is 6.94. The van der Waals surface area contributed by atoms with Gasteiger partial charge in [-0.05, 0) is 12.1 Å². The zero-order valence-electron chi connectivity index (χ0n) is 7.09. The van der Waals surface area contributed by atoms with E-state index < -0.39 is 0 Å². The summed E-state index contributed by atoms with van der Waals surface area (Å²) in [6, 6.07) is 5.03. The zero-order chi connectivity index (χ0) is 9.84. The first-order valence-corrected chi connectivity index (χ1v) is 4.26. The van der Waals surface area contributed by atoms with Gasteiger partial charge in [-0.15, -0.1) is 12.4 Å². The summed E-state index contributed by atoms with van der Waals surface area (Å²) in [6.45, 7) is 0.0140. The monoisotopic (exact) mass is 254 g/mol. The van der Waals surface area contributed by atoms with Crippen molar-refractivity contribution in [3.63, 3.8) is 0 Å². The fourth-order valence-electron chi connectivity index (χ4n) is 0.751. The lowest BCUT2D eigenvalue weighted by molar-refractivity contribution is 0.375. The van der Waals surface area contributed by atoms with Crippen molar-refractivity contribution in [3.05, 3.63) is 28.2 Å². The first-order valence-electron chi connectivity index (χ1n) is 3.51. The van der Waals surface area contributed by atoms with Crippen LogP contribution in [0.5, 0.6) is 5.75 Å². The van der Waals surface area contributed by atoms with Gasteiger partial charge >= 0.3 is 0 Å². The Bertz CT molecular complexity index is 330. The summed E-state index contributed by atoms with van der Waals surface area (Å²) >= 11 is 11.5. The zero-order valence-corrected chi connectivity index (χ0v) is 9.42. The van der Waals surface area contributed by atoms with Gasteiger partial charge in [0, 0.05) is 0 Å². The van der Waals surface area contributed by atoms with Crippen molar-refractivity contribution in [1.82, 2.24) is 0 Å². The number of ether oxygens (including phenoxy) is 1. The van der Waals surface area contributed by atoms with E-state index >= 15 is 0 Å². The molecule has 0 aliphatic carbocycles. The summed E-state index contributed by atoms with van der Waals surface area (Å²) in [5, 5.41) is 7.70. The summed E-state index contributed by atoms with van der Waals surface area (Å²) in [6.07, 6.45) is 0. The lowest BCUT2D eigenvalue weighted by Gasteiger charge is -2.06. The maximum Gasteiger partial charge on any atom is 0.145 e. The molecule has 0 saturated heterocycles. The topological polar surface area (TPSA) is 59.1 Å². The number of halogens is 3. The van der Waals surface area contributed by atoms with E-state index in [0.29, 0.717) is 15.8 Å². The third-order valence-electron chi connectivity index (χ3n) is 1.30. The second kappa shape index (κ2) is 5.96. The van der Waals surface area contributed by atoms with Crippen molar-refractivity contribution < 1.29 is 4.74 Å². The van der Waals surface area contributed by atoms with Gasteiger partial charge < -0.3 is 10.5 Å². The van der Waals surface area contributed by atoms with Gasteiger partial charge in [0.1, 0.15) is 23.2 Å². The van der Waals surface area contributed by atoms with Crippen LogP contribution < -0.4 is 10.5 Å². The number of benzene rings is 1. The Labute approximate surface area is 98.1 Å². The van der Waals surface area contributed by atoms with Crippen molar-refractivity contribution in [1.29, 1.82) is 5.41 Å². The molecule has 78 valence electrons. The highest BCUT2D eigenvalue weighted by molar-refractivity contribution is 6.42. The van der Waals surface area contributed by atoms with Gasteiger partial charge in [0.15, 0.2) is 0 Å². The van der Waals surface area contributed by atoms with Crippen LogP contribution in [-0.2, 0) is 0 Å². The molecule has 0 aliphatic heterocycles. The summed E-state index contributed by atoms with van der Waals surface area (Å²) in [5.41, 5.74) is 5.11. The maximum atomic E-state index is 6.94. The third-order valence-corrected chi connectivity index (χ3v) is 2.10. The number of hydrogen-bond acceptors (Lipinski definition) is 2. The van der Waals surface area contributed by atoms with E-state index in [1.165, 1.54) is 0 Å². The van der Waals surface area contributed by atoms with Gasteiger partial charge in [-0.25, -0.2) is 0 Å². The summed E-state index contributed by atoms with van der Waals surface area (Å²) < 4.78 is 5.11. The van der Waals surface area contributed by atoms with E-state index in [1.54, 1.807) is 18.2 Å². The molecule has 1 aromatic rings. The standard InChI is InChI=1S/C8H8Cl2N2O.ClH/c9-5-2-1-3-6(8(5)10)13-4-7(11)12;/h1-3H,4H2,(H3,11,12);1H. The number of amidine groups is 1. The molecule has 0 saturated carbocycles. The van der Waals surface area contributed by atoms with Crippen molar-refractivity contribution in [2.24, 2.45) is 5.73 Å². The Morgan fingerprint density at radius 1 is 1.43 bits per heavy atom. The van der Waals surface area contributed by atoms with Crippen LogP contribution in [0.2, 0.25) is 10.0 Å². The molecule has 0 aromatic heterocycles. The van der Waals surface area contributed by atoms with Crippen molar-refractivity contribution >= 4 is 41.4 Å². The lowest BCUT2D eigenvalue weighted by Crippen LogP contribution is -2.19. The molecule has 0 spiro atoms. The average molecular weight is 256 g/mol. The van der Waals surface area contributed by atoms with Crippen LogP contribution in [0.25, 0.3) is 0 Å². The highest BCUT2D eigenvalue weighted by atomic mass is 35.5. The minimum Gasteiger partial charge on any atom is -0.484 e. The molecule has 1 aromatic carbocycles. The van der Waals surface area contributed by atoms with Crippen LogP contribution in [0.4, 0.5) is 0 Å². The third kappa shape index (κ3) is 3.62. The molecule has 3 nitrogen and oxygen atoms in total. The van der Waals surface area contributed by atoms with Crippen LogP contribution in [0.1, 0.15) is 0 Å². The molecule has 1 rings (SSSR count). The summed E-state index contributed by atoms with van der Waals surface area (Å²) in [5.74, 6) is 0.375. The van der Waals surface area contributed by atoms with Crippen LogP contribution >= 0.6 is 35.6 Å². The van der Waals surface area contributed by atoms with Crippen molar-refractivity contribution in [3.8, 4) is 5.75 Å². The normalized spacial score (nSPS) is 9.00. The molecule has 14 heavy (non-hydrogen) atoms. The van der Waals surface area contributed by atoms with Gasteiger partial charge in [-0.1, -0.05) is 29.3 Å². The molecule has 0 atom stereocenters. The second-order valence-electron chi connectivity index (χ2n) is 2.37. The minimum absolute atomic E-state index is 0. The van der Waals surface area contributed by atoms with Crippen molar-refractivity contribution in [2.75, 3.05) is 6.61 Å². The van der Waals surface area contributed by atoms with E-state index in [0.717, 1.165) is 0 Å². The van der Waals surface area contributed by atoms with E-state index in [4.69, 9.17) is 39.1 Å². The Balaban J connectivity index is 0.00000169. The van der Waals surface area contributed by atoms with E-state index in [2.05, 4.69) is 0 Å². The molecule has 0 heterocycles.